The molecule has 7 heteroatoms. The SMILES string of the molecule is COc1ccccc1CCC(=O)N1CCCC(C(=O)NCCN)C1.Cl. The Kier molecular flexibility index (Phi) is 9.31. The average molecular weight is 370 g/mol. The molecule has 0 aliphatic carbocycles. The second kappa shape index (κ2) is 10.9. The standard InChI is InChI=1S/C18H27N3O3.ClH/c1-24-16-7-3-2-5-14(16)8-9-17(22)21-12-4-6-15(13-21)18(23)20-11-10-19;/h2-3,5,7,15H,4,6,8-13,19H2,1H3,(H,20,23);1H. The zero-order valence-electron chi connectivity index (χ0n) is 14.7. The monoisotopic (exact) mass is 369 g/mol. The Labute approximate surface area is 155 Å². The average Bonchev–Trinajstić information content (AvgIpc) is 2.64. The van der Waals surface area contributed by atoms with Gasteiger partial charge in [0.15, 0.2) is 0 Å². The number of ether oxygens (including phenoxy) is 1. The van der Waals surface area contributed by atoms with Crippen molar-refractivity contribution in [3.8, 4) is 5.75 Å². The van der Waals surface area contributed by atoms with Gasteiger partial charge in [-0.3, -0.25) is 9.59 Å². The Morgan fingerprint density at radius 1 is 1.36 bits per heavy atom. The lowest BCUT2D eigenvalue weighted by Gasteiger charge is -2.32. The van der Waals surface area contributed by atoms with Gasteiger partial charge < -0.3 is 20.7 Å². The number of rotatable bonds is 7. The van der Waals surface area contributed by atoms with Gasteiger partial charge in [-0.2, -0.15) is 0 Å². The molecule has 1 saturated heterocycles. The Bertz CT molecular complexity index is 568. The maximum Gasteiger partial charge on any atom is 0.224 e. The van der Waals surface area contributed by atoms with Gasteiger partial charge in [0.25, 0.3) is 0 Å². The van der Waals surface area contributed by atoms with Crippen LogP contribution in [0.4, 0.5) is 0 Å². The number of benzene rings is 1. The minimum absolute atomic E-state index is 0. The topological polar surface area (TPSA) is 84.7 Å². The molecule has 1 unspecified atom stereocenters. The molecule has 1 aromatic rings. The summed E-state index contributed by atoms with van der Waals surface area (Å²) < 4.78 is 5.32. The summed E-state index contributed by atoms with van der Waals surface area (Å²) in [5.41, 5.74) is 6.44. The van der Waals surface area contributed by atoms with Crippen LogP contribution in [0.25, 0.3) is 0 Å². The van der Waals surface area contributed by atoms with Crippen molar-refractivity contribution in [2.75, 3.05) is 33.3 Å². The number of methoxy groups -OCH3 is 1. The number of carbonyl (C=O) groups excluding carboxylic acids is 2. The van der Waals surface area contributed by atoms with E-state index < -0.39 is 0 Å². The van der Waals surface area contributed by atoms with E-state index in [-0.39, 0.29) is 30.1 Å². The molecule has 1 fully saturated rings. The number of likely N-dealkylation sites (tertiary alicyclic amines) is 1. The fourth-order valence-corrected chi connectivity index (χ4v) is 3.07. The lowest BCUT2D eigenvalue weighted by Crippen LogP contribution is -2.46. The molecule has 140 valence electrons. The van der Waals surface area contributed by atoms with E-state index in [1.54, 1.807) is 7.11 Å². The smallest absolute Gasteiger partial charge is 0.224 e. The van der Waals surface area contributed by atoms with Crippen LogP contribution in [0.1, 0.15) is 24.8 Å². The van der Waals surface area contributed by atoms with Gasteiger partial charge in [-0.1, -0.05) is 18.2 Å². The van der Waals surface area contributed by atoms with Crippen LogP contribution in [-0.4, -0.2) is 50.0 Å². The van der Waals surface area contributed by atoms with E-state index in [1.165, 1.54) is 0 Å². The third kappa shape index (κ3) is 6.21. The number of hydrogen-bond donors (Lipinski definition) is 2. The minimum atomic E-state index is -0.125. The number of hydrogen-bond acceptors (Lipinski definition) is 4. The highest BCUT2D eigenvalue weighted by molar-refractivity contribution is 5.85. The normalized spacial score (nSPS) is 16.7. The van der Waals surface area contributed by atoms with E-state index in [1.807, 2.05) is 29.2 Å². The first-order valence-corrected chi connectivity index (χ1v) is 8.53. The van der Waals surface area contributed by atoms with Gasteiger partial charge in [0.05, 0.1) is 13.0 Å². The van der Waals surface area contributed by atoms with Crippen LogP contribution >= 0.6 is 12.4 Å². The quantitative estimate of drug-likeness (QED) is 0.760. The van der Waals surface area contributed by atoms with E-state index in [9.17, 15) is 9.59 Å². The molecule has 0 bridgehead atoms. The molecule has 0 spiro atoms. The molecule has 0 radical (unpaired) electrons. The van der Waals surface area contributed by atoms with Gasteiger partial charge in [0.2, 0.25) is 11.8 Å². The summed E-state index contributed by atoms with van der Waals surface area (Å²) in [6, 6.07) is 7.74. The summed E-state index contributed by atoms with van der Waals surface area (Å²) in [6.45, 7) is 2.14. The molecule has 1 aliphatic heterocycles. The predicted octanol–water partition coefficient (Wildman–Crippen LogP) is 1.36. The summed E-state index contributed by atoms with van der Waals surface area (Å²) in [5.74, 6) is 0.781. The van der Waals surface area contributed by atoms with Gasteiger partial charge in [-0.15, -0.1) is 12.4 Å². The number of nitrogens with two attached hydrogens (primary N) is 1. The molecule has 0 aromatic heterocycles. The van der Waals surface area contributed by atoms with E-state index in [4.69, 9.17) is 10.5 Å². The highest BCUT2D eigenvalue weighted by Gasteiger charge is 2.27. The Balaban J connectivity index is 0.00000312. The molecule has 2 rings (SSSR count). The van der Waals surface area contributed by atoms with E-state index in [0.29, 0.717) is 32.5 Å². The summed E-state index contributed by atoms with van der Waals surface area (Å²) >= 11 is 0. The van der Waals surface area contributed by atoms with Crippen molar-refractivity contribution in [3.63, 3.8) is 0 Å². The van der Waals surface area contributed by atoms with Crippen molar-refractivity contribution in [3.05, 3.63) is 29.8 Å². The Hall–Kier alpha value is -1.79. The maximum absolute atomic E-state index is 12.5. The predicted molar refractivity (Wildman–Crippen MR) is 99.9 cm³/mol. The second-order valence-electron chi connectivity index (χ2n) is 6.07. The van der Waals surface area contributed by atoms with Crippen LogP contribution in [0.15, 0.2) is 24.3 Å². The molecular formula is C18H28ClN3O3. The van der Waals surface area contributed by atoms with Crippen molar-refractivity contribution in [2.45, 2.75) is 25.7 Å². The molecular weight excluding hydrogens is 342 g/mol. The fourth-order valence-electron chi connectivity index (χ4n) is 3.07. The minimum Gasteiger partial charge on any atom is -0.496 e. The van der Waals surface area contributed by atoms with Gasteiger partial charge in [-0.25, -0.2) is 0 Å². The summed E-state index contributed by atoms with van der Waals surface area (Å²) in [6.07, 6.45) is 2.76. The summed E-state index contributed by atoms with van der Waals surface area (Å²) in [7, 11) is 1.63. The van der Waals surface area contributed by atoms with Crippen molar-refractivity contribution >= 4 is 24.2 Å². The molecule has 0 saturated carbocycles. The molecule has 2 amide bonds. The van der Waals surface area contributed by atoms with Crippen LogP contribution in [0.2, 0.25) is 0 Å². The zero-order chi connectivity index (χ0) is 17.4. The molecule has 1 heterocycles. The van der Waals surface area contributed by atoms with Crippen molar-refractivity contribution in [1.82, 2.24) is 10.2 Å². The van der Waals surface area contributed by atoms with E-state index in [2.05, 4.69) is 5.32 Å². The zero-order valence-corrected chi connectivity index (χ0v) is 15.5. The lowest BCUT2D eigenvalue weighted by atomic mass is 9.96. The van der Waals surface area contributed by atoms with Gasteiger partial charge >= 0.3 is 0 Å². The molecule has 3 N–H and O–H groups in total. The largest absolute Gasteiger partial charge is 0.496 e. The van der Waals surface area contributed by atoms with Gasteiger partial charge in [0, 0.05) is 32.6 Å². The number of aryl methyl sites for hydroxylation is 1. The Morgan fingerprint density at radius 3 is 2.84 bits per heavy atom. The molecule has 6 nitrogen and oxygen atoms in total. The first-order chi connectivity index (χ1) is 11.7. The summed E-state index contributed by atoms with van der Waals surface area (Å²) in [5, 5.41) is 2.82. The number of carbonyl (C=O) groups is 2. The van der Waals surface area contributed by atoms with Crippen molar-refractivity contribution in [2.24, 2.45) is 11.7 Å². The molecule has 25 heavy (non-hydrogen) atoms. The molecule has 1 atom stereocenters. The highest BCUT2D eigenvalue weighted by atomic mass is 35.5. The fraction of sp³-hybridized carbons (Fsp3) is 0.556. The number of halogens is 1. The molecule has 1 aromatic carbocycles. The highest BCUT2D eigenvalue weighted by Crippen LogP contribution is 2.21. The third-order valence-electron chi connectivity index (χ3n) is 4.39. The second-order valence-corrected chi connectivity index (χ2v) is 6.07. The number of piperidine rings is 1. The van der Waals surface area contributed by atoms with Crippen LogP contribution in [0, 0.1) is 5.92 Å². The van der Waals surface area contributed by atoms with Crippen LogP contribution in [0.3, 0.4) is 0 Å². The lowest BCUT2D eigenvalue weighted by molar-refractivity contribution is -0.135. The number of amides is 2. The van der Waals surface area contributed by atoms with Gasteiger partial charge in [-0.05, 0) is 30.9 Å². The van der Waals surface area contributed by atoms with Crippen molar-refractivity contribution < 1.29 is 14.3 Å². The van der Waals surface area contributed by atoms with E-state index >= 15 is 0 Å². The Morgan fingerprint density at radius 2 is 2.12 bits per heavy atom. The number of nitrogens with zero attached hydrogens (tertiary/aromatic N) is 1. The van der Waals surface area contributed by atoms with E-state index in [0.717, 1.165) is 30.7 Å². The van der Waals surface area contributed by atoms with Crippen LogP contribution in [0.5, 0.6) is 5.75 Å². The molecule has 1 aliphatic rings. The maximum atomic E-state index is 12.5. The first-order valence-electron chi connectivity index (χ1n) is 8.53. The first kappa shape index (κ1) is 21.3. The van der Waals surface area contributed by atoms with Gasteiger partial charge in [0.1, 0.15) is 5.75 Å². The number of para-hydroxylation sites is 1. The van der Waals surface area contributed by atoms with Crippen LogP contribution in [-0.2, 0) is 16.0 Å². The third-order valence-corrected chi connectivity index (χ3v) is 4.39. The van der Waals surface area contributed by atoms with Crippen LogP contribution < -0.4 is 15.8 Å². The van der Waals surface area contributed by atoms with Crippen molar-refractivity contribution in [1.29, 1.82) is 0 Å². The summed E-state index contributed by atoms with van der Waals surface area (Å²) in [4.78, 5) is 26.4. The number of nitrogens with one attached hydrogen (secondary N) is 1.